The Bertz CT molecular complexity index is 172. The van der Waals surface area contributed by atoms with E-state index in [0.717, 1.165) is 17.9 Å². The Hall–Kier alpha value is -0.530. The van der Waals surface area contributed by atoms with Gasteiger partial charge < -0.3 is 5.11 Å². The molecular formula is C10H15ClO. The third-order valence-electron chi connectivity index (χ3n) is 1.24. The van der Waals surface area contributed by atoms with Crippen LogP contribution in [0.15, 0.2) is 30.3 Å². The first kappa shape index (κ1) is 11.5. The van der Waals surface area contributed by atoms with E-state index in [1.165, 1.54) is 0 Å². The van der Waals surface area contributed by atoms with Crippen molar-refractivity contribution in [1.82, 2.24) is 0 Å². The van der Waals surface area contributed by atoms with Crippen LogP contribution in [0.25, 0.3) is 0 Å². The molecular weight excluding hydrogens is 172 g/mol. The second-order valence-electron chi connectivity index (χ2n) is 2.37. The molecule has 1 nitrogen and oxygen atoms in total. The number of aliphatic hydroxyl groups excluding tert-OH is 1. The van der Waals surface area contributed by atoms with Gasteiger partial charge in [0, 0.05) is 11.6 Å². The van der Waals surface area contributed by atoms with Gasteiger partial charge in [-0.3, -0.25) is 0 Å². The highest BCUT2D eigenvalue weighted by Crippen LogP contribution is 2.03. The summed E-state index contributed by atoms with van der Waals surface area (Å²) in [6.07, 6.45) is 2.04. The Balaban J connectivity index is 0.000000217. The van der Waals surface area contributed by atoms with Crippen molar-refractivity contribution in [3.8, 4) is 0 Å². The van der Waals surface area contributed by atoms with Crippen molar-refractivity contribution in [2.45, 2.75) is 19.8 Å². The highest BCUT2D eigenvalue weighted by Gasteiger charge is 1.74. The fourth-order valence-electron chi connectivity index (χ4n) is 0.573. The maximum Gasteiger partial charge on any atom is 0.0430 e. The van der Waals surface area contributed by atoms with E-state index >= 15 is 0 Å². The molecule has 0 atom stereocenters. The van der Waals surface area contributed by atoms with Crippen LogP contribution in [0.5, 0.6) is 0 Å². The standard InChI is InChI=1S/C6H5Cl.C4H10O/c7-6-4-2-1-3-5-6;1-2-3-4-5/h1-5H;5H,2-4H2,1H3. The lowest BCUT2D eigenvalue weighted by Gasteiger charge is -1.80. The first-order valence-electron chi connectivity index (χ1n) is 4.12. The molecule has 1 rings (SSSR count). The van der Waals surface area contributed by atoms with Gasteiger partial charge in [0.2, 0.25) is 0 Å². The number of benzene rings is 1. The predicted molar refractivity (Wildman–Crippen MR) is 53.4 cm³/mol. The van der Waals surface area contributed by atoms with Gasteiger partial charge in [-0.05, 0) is 18.6 Å². The number of hydrogen-bond donors (Lipinski definition) is 1. The quantitative estimate of drug-likeness (QED) is 0.753. The van der Waals surface area contributed by atoms with E-state index in [9.17, 15) is 0 Å². The first-order valence-corrected chi connectivity index (χ1v) is 4.50. The van der Waals surface area contributed by atoms with Gasteiger partial charge in [-0.25, -0.2) is 0 Å². The molecule has 0 aliphatic carbocycles. The smallest absolute Gasteiger partial charge is 0.0430 e. The molecule has 68 valence electrons. The monoisotopic (exact) mass is 186 g/mol. The summed E-state index contributed by atoms with van der Waals surface area (Å²) in [5, 5.41) is 8.86. The molecule has 0 aliphatic heterocycles. The van der Waals surface area contributed by atoms with Crippen molar-refractivity contribution in [3.63, 3.8) is 0 Å². The third-order valence-corrected chi connectivity index (χ3v) is 1.50. The molecule has 0 heterocycles. The molecule has 0 radical (unpaired) electrons. The van der Waals surface area contributed by atoms with Crippen LogP contribution in [0.4, 0.5) is 0 Å². The fraction of sp³-hybridized carbons (Fsp3) is 0.400. The molecule has 0 amide bonds. The van der Waals surface area contributed by atoms with Gasteiger partial charge in [-0.2, -0.15) is 0 Å². The van der Waals surface area contributed by atoms with Crippen LogP contribution in [0.3, 0.4) is 0 Å². The van der Waals surface area contributed by atoms with Crippen LogP contribution in [0.2, 0.25) is 5.02 Å². The van der Waals surface area contributed by atoms with Gasteiger partial charge in [-0.15, -0.1) is 0 Å². The Kier molecular flexibility index (Phi) is 8.19. The summed E-state index contributed by atoms with van der Waals surface area (Å²) in [4.78, 5) is 0. The maximum absolute atomic E-state index is 8.07. The summed E-state index contributed by atoms with van der Waals surface area (Å²) >= 11 is 5.54. The van der Waals surface area contributed by atoms with Crippen LogP contribution in [-0.2, 0) is 0 Å². The molecule has 0 saturated heterocycles. The third kappa shape index (κ3) is 7.58. The zero-order chi connectivity index (χ0) is 9.23. The Morgan fingerprint density at radius 2 is 1.83 bits per heavy atom. The molecule has 2 heteroatoms. The van der Waals surface area contributed by atoms with Gasteiger partial charge in [0.15, 0.2) is 0 Å². The summed E-state index contributed by atoms with van der Waals surface area (Å²) in [6.45, 7) is 2.40. The molecule has 0 fully saturated rings. The van der Waals surface area contributed by atoms with Crippen molar-refractivity contribution in [2.75, 3.05) is 6.61 Å². The zero-order valence-corrected chi connectivity index (χ0v) is 8.09. The number of aliphatic hydroxyl groups is 1. The maximum atomic E-state index is 8.07. The fourth-order valence-corrected chi connectivity index (χ4v) is 0.718. The van der Waals surface area contributed by atoms with E-state index < -0.39 is 0 Å². The van der Waals surface area contributed by atoms with E-state index in [1.807, 2.05) is 30.3 Å². The number of hydrogen-bond acceptors (Lipinski definition) is 1. The second-order valence-corrected chi connectivity index (χ2v) is 2.81. The van der Waals surface area contributed by atoms with Crippen molar-refractivity contribution >= 4 is 11.6 Å². The van der Waals surface area contributed by atoms with Gasteiger partial charge >= 0.3 is 0 Å². The van der Waals surface area contributed by atoms with Crippen LogP contribution < -0.4 is 0 Å². The largest absolute Gasteiger partial charge is 0.396 e. The number of halogens is 1. The summed E-state index contributed by atoms with van der Waals surface area (Å²) in [6, 6.07) is 9.44. The first-order chi connectivity index (χ1) is 5.81. The van der Waals surface area contributed by atoms with E-state index in [1.54, 1.807) is 0 Å². The van der Waals surface area contributed by atoms with Crippen molar-refractivity contribution < 1.29 is 5.11 Å². The molecule has 1 N–H and O–H groups in total. The number of unbranched alkanes of at least 4 members (excludes halogenated alkanes) is 1. The lowest BCUT2D eigenvalue weighted by Crippen LogP contribution is -1.75. The van der Waals surface area contributed by atoms with Crippen molar-refractivity contribution in [2.24, 2.45) is 0 Å². The molecule has 0 aromatic heterocycles. The van der Waals surface area contributed by atoms with E-state index in [4.69, 9.17) is 16.7 Å². The molecule has 0 bridgehead atoms. The SMILES string of the molecule is CCCCO.Clc1ccccc1. The molecule has 12 heavy (non-hydrogen) atoms. The van der Waals surface area contributed by atoms with Crippen LogP contribution in [0, 0.1) is 0 Å². The number of rotatable bonds is 2. The van der Waals surface area contributed by atoms with Crippen molar-refractivity contribution in [1.29, 1.82) is 0 Å². The molecule has 1 aromatic carbocycles. The van der Waals surface area contributed by atoms with E-state index in [-0.39, 0.29) is 0 Å². The van der Waals surface area contributed by atoms with Crippen LogP contribution in [-0.4, -0.2) is 11.7 Å². The minimum Gasteiger partial charge on any atom is -0.396 e. The predicted octanol–water partition coefficient (Wildman–Crippen LogP) is 3.12. The lowest BCUT2D eigenvalue weighted by atomic mass is 10.4. The highest BCUT2D eigenvalue weighted by atomic mass is 35.5. The van der Waals surface area contributed by atoms with Gasteiger partial charge in [0.05, 0.1) is 0 Å². The minimum atomic E-state index is 0.344. The summed E-state index contributed by atoms with van der Waals surface area (Å²) < 4.78 is 0. The Morgan fingerprint density at radius 3 is 2.00 bits per heavy atom. The van der Waals surface area contributed by atoms with Gasteiger partial charge in [0.25, 0.3) is 0 Å². The molecule has 0 aliphatic rings. The average molecular weight is 187 g/mol. The van der Waals surface area contributed by atoms with E-state index in [2.05, 4.69) is 6.92 Å². The molecule has 0 unspecified atom stereocenters. The zero-order valence-electron chi connectivity index (χ0n) is 7.33. The molecule has 1 aromatic rings. The lowest BCUT2D eigenvalue weighted by molar-refractivity contribution is 0.287. The highest BCUT2D eigenvalue weighted by molar-refractivity contribution is 6.30. The summed E-state index contributed by atoms with van der Waals surface area (Å²) in [5.74, 6) is 0. The Morgan fingerprint density at radius 1 is 1.25 bits per heavy atom. The van der Waals surface area contributed by atoms with Crippen molar-refractivity contribution in [3.05, 3.63) is 35.4 Å². The van der Waals surface area contributed by atoms with Gasteiger partial charge in [0.1, 0.15) is 0 Å². The second kappa shape index (κ2) is 8.57. The minimum absolute atomic E-state index is 0.344. The summed E-state index contributed by atoms with van der Waals surface area (Å²) in [5.41, 5.74) is 0. The van der Waals surface area contributed by atoms with E-state index in [0.29, 0.717) is 6.61 Å². The normalized spacial score (nSPS) is 8.58. The van der Waals surface area contributed by atoms with Crippen LogP contribution in [0.1, 0.15) is 19.8 Å². The molecule has 0 saturated carbocycles. The topological polar surface area (TPSA) is 20.2 Å². The Labute approximate surface area is 79.0 Å². The van der Waals surface area contributed by atoms with Crippen LogP contribution >= 0.6 is 11.6 Å². The van der Waals surface area contributed by atoms with Gasteiger partial charge in [-0.1, -0.05) is 43.1 Å². The summed E-state index contributed by atoms with van der Waals surface area (Å²) in [7, 11) is 0. The average Bonchev–Trinajstić information content (AvgIpc) is 2.08. The molecule has 0 spiro atoms.